The van der Waals surface area contributed by atoms with Gasteiger partial charge < -0.3 is 4.74 Å². The average Bonchev–Trinajstić information content (AvgIpc) is 2.27. The Balaban J connectivity index is 2.55. The van der Waals surface area contributed by atoms with Crippen LogP contribution in [0.1, 0.15) is 18.3 Å². The van der Waals surface area contributed by atoms with E-state index in [1.165, 1.54) is 16.3 Å². The van der Waals surface area contributed by atoms with E-state index in [9.17, 15) is 0 Å². The van der Waals surface area contributed by atoms with Crippen molar-refractivity contribution >= 4 is 18.6 Å². The molecule has 0 aliphatic heterocycles. The van der Waals surface area contributed by atoms with Gasteiger partial charge in [-0.2, -0.15) is 0 Å². The number of benzene rings is 2. The second kappa shape index (κ2) is 3.97. The number of rotatable bonds is 2. The van der Waals surface area contributed by atoms with Crippen LogP contribution >= 0.6 is 0 Å². The Bertz CT molecular complexity index is 477. The molecule has 2 aromatic rings. The van der Waals surface area contributed by atoms with Crippen LogP contribution in [0.3, 0.4) is 0 Å². The lowest BCUT2D eigenvalue weighted by Crippen LogP contribution is -1.91. The normalized spacial score (nSPS) is 12.7. The van der Waals surface area contributed by atoms with Crippen molar-refractivity contribution in [3.05, 3.63) is 42.0 Å². The first kappa shape index (κ1) is 10.1. The van der Waals surface area contributed by atoms with Crippen molar-refractivity contribution in [1.29, 1.82) is 0 Å². The molecule has 2 heteroatoms. The first-order valence-corrected chi connectivity index (χ1v) is 5.28. The Morgan fingerprint density at radius 2 is 1.73 bits per heavy atom. The minimum Gasteiger partial charge on any atom is -0.497 e. The third-order valence-corrected chi connectivity index (χ3v) is 2.74. The molecule has 0 bridgehead atoms. The number of methoxy groups -OCH3 is 1. The molecule has 0 aliphatic rings. The highest BCUT2D eigenvalue weighted by molar-refractivity contribution is 6.12. The van der Waals surface area contributed by atoms with E-state index < -0.39 is 0 Å². The molecule has 0 saturated heterocycles. The highest BCUT2D eigenvalue weighted by Gasteiger charge is 2.01. The molecule has 0 amide bonds. The second-order valence-electron chi connectivity index (χ2n) is 4.13. The summed E-state index contributed by atoms with van der Waals surface area (Å²) in [5.74, 6) is 1.50. The Kier molecular flexibility index (Phi) is 2.67. The maximum absolute atomic E-state index is 5.20. The largest absolute Gasteiger partial charge is 0.497 e. The zero-order valence-electron chi connectivity index (χ0n) is 9.45. The lowest BCUT2D eigenvalue weighted by Gasteiger charge is -2.07. The van der Waals surface area contributed by atoms with E-state index in [1.54, 1.807) is 7.11 Å². The molecule has 76 valence electrons. The summed E-state index contributed by atoms with van der Waals surface area (Å²) in [6.45, 7) is 2.21. The SMILES string of the molecule is B[C@H](C)c1ccc2cc(OC)ccc2c1. The monoisotopic (exact) mass is 198 g/mol. The highest BCUT2D eigenvalue weighted by Crippen LogP contribution is 2.23. The predicted octanol–water partition coefficient (Wildman–Crippen LogP) is 2.54. The Morgan fingerprint density at radius 3 is 2.40 bits per heavy atom. The van der Waals surface area contributed by atoms with Crippen molar-refractivity contribution in [3.8, 4) is 5.75 Å². The maximum Gasteiger partial charge on any atom is 0.119 e. The fourth-order valence-electron chi connectivity index (χ4n) is 1.73. The minimum absolute atomic E-state index is 0.580. The molecule has 0 fully saturated rings. The van der Waals surface area contributed by atoms with Crippen molar-refractivity contribution in [1.82, 2.24) is 0 Å². The fraction of sp³-hybridized carbons (Fsp3) is 0.231. The number of hydrogen-bond donors (Lipinski definition) is 0. The molecular weight excluding hydrogens is 183 g/mol. The summed E-state index contributed by atoms with van der Waals surface area (Å²) >= 11 is 0. The summed E-state index contributed by atoms with van der Waals surface area (Å²) in [7, 11) is 3.91. The standard InChI is InChI=1S/C13H15BO/c1-9(14)10-3-4-12-8-13(15-2)6-5-11(12)7-10/h3-9H,14H2,1-2H3/t9-/m1/s1. The van der Waals surface area contributed by atoms with Crippen LogP contribution in [0.25, 0.3) is 10.8 Å². The van der Waals surface area contributed by atoms with Crippen LogP contribution < -0.4 is 4.74 Å². The van der Waals surface area contributed by atoms with Crippen molar-refractivity contribution < 1.29 is 4.74 Å². The maximum atomic E-state index is 5.20. The van der Waals surface area contributed by atoms with E-state index in [0.717, 1.165) is 5.75 Å². The van der Waals surface area contributed by atoms with E-state index in [0.29, 0.717) is 5.82 Å². The molecule has 0 heterocycles. The van der Waals surface area contributed by atoms with Gasteiger partial charge in [-0.1, -0.05) is 36.8 Å². The van der Waals surface area contributed by atoms with Gasteiger partial charge in [-0.05, 0) is 28.7 Å². The number of hydrogen-bond acceptors (Lipinski definition) is 1. The van der Waals surface area contributed by atoms with E-state index in [4.69, 9.17) is 4.74 Å². The Morgan fingerprint density at radius 1 is 1.07 bits per heavy atom. The van der Waals surface area contributed by atoms with Crippen LogP contribution in [-0.4, -0.2) is 15.0 Å². The van der Waals surface area contributed by atoms with Gasteiger partial charge in [-0.15, -0.1) is 0 Å². The van der Waals surface area contributed by atoms with Crippen LogP contribution in [0.2, 0.25) is 0 Å². The smallest absolute Gasteiger partial charge is 0.119 e. The van der Waals surface area contributed by atoms with Gasteiger partial charge in [-0.25, -0.2) is 0 Å². The summed E-state index contributed by atoms with van der Waals surface area (Å²) in [5.41, 5.74) is 1.38. The Hall–Kier alpha value is -1.44. The topological polar surface area (TPSA) is 9.23 Å². The van der Waals surface area contributed by atoms with Gasteiger partial charge in [0.25, 0.3) is 0 Å². The van der Waals surface area contributed by atoms with Crippen LogP contribution in [-0.2, 0) is 0 Å². The fourth-order valence-corrected chi connectivity index (χ4v) is 1.73. The quantitative estimate of drug-likeness (QED) is 0.673. The van der Waals surface area contributed by atoms with E-state index >= 15 is 0 Å². The van der Waals surface area contributed by atoms with Crippen LogP contribution in [0, 0.1) is 0 Å². The summed E-state index contributed by atoms with van der Waals surface area (Å²) in [6, 6.07) is 12.8. The van der Waals surface area contributed by atoms with Crippen molar-refractivity contribution in [3.63, 3.8) is 0 Å². The van der Waals surface area contributed by atoms with Gasteiger partial charge >= 0.3 is 0 Å². The molecule has 2 rings (SSSR count). The molecule has 0 saturated carbocycles. The van der Waals surface area contributed by atoms with Gasteiger partial charge in [-0.3, -0.25) is 0 Å². The lowest BCUT2D eigenvalue weighted by atomic mass is 9.82. The van der Waals surface area contributed by atoms with Crippen molar-refractivity contribution in [2.45, 2.75) is 12.7 Å². The molecule has 0 N–H and O–H groups in total. The summed E-state index contributed by atoms with van der Waals surface area (Å²) in [6.07, 6.45) is 0. The number of fused-ring (bicyclic) bond motifs is 1. The molecule has 0 radical (unpaired) electrons. The molecule has 0 unspecified atom stereocenters. The van der Waals surface area contributed by atoms with Gasteiger partial charge in [0.05, 0.1) is 7.11 Å². The van der Waals surface area contributed by atoms with Gasteiger partial charge in [0.1, 0.15) is 13.6 Å². The number of ether oxygens (including phenoxy) is 1. The highest BCUT2D eigenvalue weighted by atomic mass is 16.5. The zero-order valence-corrected chi connectivity index (χ0v) is 9.45. The molecular formula is C13H15BO. The van der Waals surface area contributed by atoms with Crippen LogP contribution in [0.15, 0.2) is 36.4 Å². The lowest BCUT2D eigenvalue weighted by molar-refractivity contribution is 0.415. The summed E-state index contributed by atoms with van der Waals surface area (Å²) < 4.78 is 5.20. The Labute approximate surface area is 91.5 Å². The first-order chi connectivity index (χ1) is 7.20. The third kappa shape index (κ3) is 1.99. The van der Waals surface area contributed by atoms with Gasteiger partial charge in [0.15, 0.2) is 0 Å². The van der Waals surface area contributed by atoms with Gasteiger partial charge in [0.2, 0.25) is 0 Å². The van der Waals surface area contributed by atoms with E-state index in [2.05, 4.69) is 45.1 Å². The second-order valence-corrected chi connectivity index (χ2v) is 4.13. The van der Waals surface area contributed by atoms with Gasteiger partial charge in [0, 0.05) is 0 Å². The van der Waals surface area contributed by atoms with Crippen molar-refractivity contribution in [2.24, 2.45) is 0 Å². The summed E-state index contributed by atoms with van der Waals surface area (Å²) in [4.78, 5) is 0. The zero-order chi connectivity index (χ0) is 10.8. The molecule has 1 atom stereocenters. The van der Waals surface area contributed by atoms with Crippen molar-refractivity contribution in [2.75, 3.05) is 7.11 Å². The van der Waals surface area contributed by atoms with E-state index in [1.807, 2.05) is 6.07 Å². The first-order valence-electron chi connectivity index (χ1n) is 5.28. The molecule has 1 nitrogen and oxygen atoms in total. The average molecular weight is 198 g/mol. The van der Waals surface area contributed by atoms with Crippen LogP contribution in [0.5, 0.6) is 5.75 Å². The molecule has 15 heavy (non-hydrogen) atoms. The predicted molar refractivity (Wildman–Crippen MR) is 67.5 cm³/mol. The molecule has 2 aromatic carbocycles. The molecule has 0 spiro atoms. The van der Waals surface area contributed by atoms with Crippen LogP contribution in [0.4, 0.5) is 0 Å². The molecule has 0 aliphatic carbocycles. The third-order valence-electron chi connectivity index (χ3n) is 2.74. The van der Waals surface area contributed by atoms with E-state index in [-0.39, 0.29) is 0 Å². The minimum atomic E-state index is 0.580. The molecule has 0 aromatic heterocycles. The summed E-state index contributed by atoms with van der Waals surface area (Å²) in [5, 5.41) is 2.51.